The Morgan fingerprint density at radius 3 is 2.48 bits per heavy atom. The first-order chi connectivity index (χ1) is 10.0. The van der Waals surface area contributed by atoms with Gasteiger partial charge in [0.2, 0.25) is 5.91 Å². The van der Waals surface area contributed by atoms with Gasteiger partial charge in [0, 0.05) is 31.9 Å². The molecule has 1 heterocycles. The summed E-state index contributed by atoms with van der Waals surface area (Å²) in [6.07, 6.45) is 2.47. The lowest BCUT2D eigenvalue weighted by Crippen LogP contribution is -2.50. The van der Waals surface area contributed by atoms with Crippen LogP contribution in [0.3, 0.4) is 0 Å². The summed E-state index contributed by atoms with van der Waals surface area (Å²) in [4.78, 5) is 18.5. The lowest BCUT2D eigenvalue weighted by molar-refractivity contribution is -0.135. The maximum atomic E-state index is 12.6. The maximum absolute atomic E-state index is 12.6. The summed E-state index contributed by atoms with van der Waals surface area (Å²) in [5, 5.41) is 0. The molecule has 0 radical (unpaired) electrons. The quantitative estimate of drug-likeness (QED) is 0.912. The molecule has 0 bridgehead atoms. The van der Waals surface area contributed by atoms with E-state index >= 15 is 0 Å². The number of pyridine rings is 1. The van der Waals surface area contributed by atoms with Gasteiger partial charge >= 0.3 is 0 Å². The van der Waals surface area contributed by atoms with Crippen molar-refractivity contribution < 1.29 is 4.79 Å². The number of nitrogens with zero attached hydrogens (tertiary/aromatic N) is 2. The molecule has 1 amide bonds. The SMILES string of the molecule is CN(CCc1ccccn1)C(=O)C(C)(N)c1ccccc1. The topological polar surface area (TPSA) is 59.2 Å². The summed E-state index contributed by atoms with van der Waals surface area (Å²) in [7, 11) is 1.78. The van der Waals surface area contributed by atoms with Crippen LogP contribution in [0, 0.1) is 0 Å². The van der Waals surface area contributed by atoms with Crippen molar-refractivity contribution in [3.05, 3.63) is 66.0 Å². The monoisotopic (exact) mass is 283 g/mol. The van der Waals surface area contributed by atoms with E-state index in [0.717, 1.165) is 11.3 Å². The van der Waals surface area contributed by atoms with E-state index in [1.807, 2.05) is 48.5 Å². The van der Waals surface area contributed by atoms with Gasteiger partial charge in [0.15, 0.2) is 0 Å². The fourth-order valence-electron chi connectivity index (χ4n) is 2.23. The number of hydrogen-bond donors (Lipinski definition) is 1. The van der Waals surface area contributed by atoms with Crippen molar-refractivity contribution in [2.45, 2.75) is 18.9 Å². The lowest BCUT2D eigenvalue weighted by atomic mass is 9.91. The third kappa shape index (κ3) is 3.67. The number of benzene rings is 1. The Kier molecular flexibility index (Phi) is 4.70. The summed E-state index contributed by atoms with van der Waals surface area (Å²) in [5.74, 6) is -0.0929. The van der Waals surface area contributed by atoms with Crippen LogP contribution in [0.4, 0.5) is 0 Å². The number of amides is 1. The smallest absolute Gasteiger partial charge is 0.246 e. The van der Waals surface area contributed by atoms with E-state index in [1.54, 1.807) is 25.1 Å². The maximum Gasteiger partial charge on any atom is 0.246 e. The molecule has 4 nitrogen and oxygen atoms in total. The first kappa shape index (κ1) is 15.2. The minimum Gasteiger partial charge on any atom is -0.343 e. The van der Waals surface area contributed by atoms with E-state index in [1.165, 1.54) is 0 Å². The van der Waals surface area contributed by atoms with Gasteiger partial charge in [-0.1, -0.05) is 36.4 Å². The minimum atomic E-state index is -1.01. The first-order valence-electron chi connectivity index (χ1n) is 7.01. The van der Waals surface area contributed by atoms with Gasteiger partial charge in [-0.15, -0.1) is 0 Å². The zero-order valence-electron chi connectivity index (χ0n) is 12.5. The standard InChI is InChI=1S/C17H21N3O/c1-17(18,14-8-4-3-5-9-14)16(21)20(2)13-11-15-10-6-7-12-19-15/h3-10,12H,11,13,18H2,1-2H3. The number of aromatic nitrogens is 1. The molecule has 0 saturated carbocycles. The minimum absolute atomic E-state index is 0.0929. The zero-order valence-corrected chi connectivity index (χ0v) is 12.5. The summed E-state index contributed by atoms with van der Waals surface area (Å²) < 4.78 is 0. The van der Waals surface area contributed by atoms with Gasteiger partial charge < -0.3 is 10.6 Å². The van der Waals surface area contributed by atoms with E-state index in [-0.39, 0.29) is 5.91 Å². The molecule has 1 aromatic carbocycles. The highest BCUT2D eigenvalue weighted by atomic mass is 16.2. The van der Waals surface area contributed by atoms with Crippen LogP contribution >= 0.6 is 0 Å². The lowest BCUT2D eigenvalue weighted by Gasteiger charge is -2.29. The van der Waals surface area contributed by atoms with Crippen LogP contribution in [0.1, 0.15) is 18.2 Å². The van der Waals surface area contributed by atoms with Crippen molar-refractivity contribution in [3.63, 3.8) is 0 Å². The molecular weight excluding hydrogens is 262 g/mol. The van der Waals surface area contributed by atoms with Crippen molar-refractivity contribution in [1.29, 1.82) is 0 Å². The van der Waals surface area contributed by atoms with Gasteiger partial charge in [0.1, 0.15) is 5.54 Å². The van der Waals surface area contributed by atoms with Crippen molar-refractivity contribution in [3.8, 4) is 0 Å². The Labute approximate surface area is 125 Å². The predicted octanol–water partition coefficient (Wildman–Crippen LogP) is 1.96. The summed E-state index contributed by atoms with van der Waals surface area (Å²) in [5.41, 5.74) is 7.02. The zero-order chi connectivity index (χ0) is 15.3. The molecular formula is C17H21N3O. The van der Waals surface area contributed by atoms with E-state index < -0.39 is 5.54 Å². The Morgan fingerprint density at radius 2 is 1.86 bits per heavy atom. The highest BCUT2D eigenvalue weighted by molar-refractivity contribution is 5.86. The Morgan fingerprint density at radius 1 is 1.19 bits per heavy atom. The normalized spacial score (nSPS) is 13.5. The fourth-order valence-corrected chi connectivity index (χ4v) is 2.23. The number of rotatable bonds is 5. The van der Waals surface area contributed by atoms with Crippen molar-refractivity contribution >= 4 is 5.91 Å². The second kappa shape index (κ2) is 6.50. The van der Waals surface area contributed by atoms with Crippen LogP contribution < -0.4 is 5.73 Å². The van der Waals surface area contributed by atoms with E-state index in [9.17, 15) is 4.79 Å². The molecule has 2 aromatic rings. The molecule has 2 rings (SSSR count). The number of carbonyl (C=O) groups excluding carboxylic acids is 1. The highest BCUT2D eigenvalue weighted by Gasteiger charge is 2.32. The van der Waals surface area contributed by atoms with Crippen LogP contribution in [-0.2, 0) is 16.8 Å². The molecule has 0 aliphatic carbocycles. The van der Waals surface area contributed by atoms with E-state index in [2.05, 4.69) is 4.98 Å². The number of carbonyl (C=O) groups is 1. The Balaban J connectivity index is 2.02. The van der Waals surface area contributed by atoms with Crippen molar-refractivity contribution in [2.75, 3.05) is 13.6 Å². The van der Waals surface area contributed by atoms with Crippen LogP contribution in [0.2, 0.25) is 0 Å². The predicted molar refractivity (Wildman–Crippen MR) is 83.6 cm³/mol. The summed E-state index contributed by atoms with van der Waals surface area (Å²) >= 11 is 0. The second-order valence-corrected chi connectivity index (χ2v) is 5.37. The molecule has 4 heteroatoms. The molecule has 0 aliphatic heterocycles. The third-order valence-corrected chi connectivity index (χ3v) is 3.59. The van der Waals surface area contributed by atoms with Crippen LogP contribution in [0.15, 0.2) is 54.7 Å². The summed E-state index contributed by atoms with van der Waals surface area (Å²) in [6.45, 7) is 2.34. The molecule has 1 unspecified atom stereocenters. The molecule has 110 valence electrons. The van der Waals surface area contributed by atoms with Gasteiger partial charge in [-0.3, -0.25) is 9.78 Å². The molecule has 2 N–H and O–H groups in total. The van der Waals surface area contributed by atoms with Crippen LogP contribution in [0.5, 0.6) is 0 Å². The van der Waals surface area contributed by atoms with E-state index in [0.29, 0.717) is 13.0 Å². The van der Waals surface area contributed by atoms with Crippen LogP contribution in [0.25, 0.3) is 0 Å². The molecule has 0 fully saturated rings. The average molecular weight is 283 g/mol. The second-order valence-electron chi connectivity index (χ2n) is 5.37. The summed E-state index contributed by atoms with van der Waals surface area (Å²) in [6, 6.07) is 15.2. The molecule has 21 heavy (non-hydrogen) atoms. The van der Waals surface area contributed by atoms with Gasteiger partial charge in [-0.25, -0.2) is 0 Å². The van der Waals surface area contributed by atoms with Crippen molar-refractivity contribution in [2.24, 2.45) is 5.73 Å². The van der Waals surface area contributed by atoms with Crippen molar-refractivity contribution in [1.82, 2.24) is 9.88 Å². The molecule has 1 aromatic heterocycles. The van der Waals surface area contributed by atoms with E-state index in [4.69, 9.17) is 5.73 Å². The number of hydrogen-bond acceptors (Lipinski definition) is 3. The number of likely N-dealkylation sites (N-methyl/N-ethyl adjacent to an activating group) is 1. The van der Waals surface area contributed by atoms with Gasteiger partial charge in [-0.2, -0.15) is 0 Å². The molecule has 0 aliphatic rings. The van der Waals surface area contributed by atoms with Gasteiger partial charge in [0.05, 0.1) is 0 Å². The highest BCUT2D eigenvalue weighted by Crippen LogP contribution is 2.19. The third-order valence-electron chi connectivity index (χ3n) is 3.59. The molecule has 1 atom stereocenters. The number of nitrogens with two attached hydrogens (primary N) is 1. The Hall–Kier alpha value is -2.20. The molecule has 0 spiro atoms. The average Bonchev–Trinajstić information content (AvgIpc) is 2.53. The fraction of sp³-hybridized carbons (Fsp3) is 0.294. The molecule has 0 saturated heterocycles. The van der Waals surface area contributed by atoms with Gasteiger partial charge in [-0.05, 0) is 24.6 Å². The van der Waals surface area contributed by atoms with Gasteiger partial charge in [0.25, 0.3) is 0 Å². The first-order valence-corrected chi connectivity index (χ1v) is 7.01. The Bertz CT molecular complexity index is 581. The van der Waals surface area contributed by atoms with Crippen LogP contribution in [-0.4, -0.2) is 29.4 Å². The largest absolute Gasteiger partial charge is 0.343 e.